The van der Waals surface area contributed by atoms with Gasteiger partial charge in [0.2, 0.25) is 0 Å². The van der Waals surface area contributed by atoms with Gasteiger partial charge >= 0.3 is 0 Å². The Bertz CT molecular complexity index is 601. The molecule has 0 bridgehead atoms. The first-order valence-corrected chi connectivity index (χ1v) is 6.63. The molecule has 1 aliphatic rings. The maximum atomic E-state index is 11.3. The highest BCUT2D eigenvalue weighted by Crippen LogP contribution is 2.35. The van der Waals surface area contributed by atoms with Crippen LogP contribution in [0.2, 0.25) is 0 Å². The quantitative estimate of drug-likeness (QED) is 0.900. The average molecular weight is 269 g/mol. The van der Waals surface area contributed by atoms with Gasteiger partial charge in [-0.2, -0.15) is 0 Å². The predicted octanol–water partition coefficient (Wildman–Crippen LogP) is 1.87. The number of nitrogens with zero attached hydrogens (tertiary/aromatic N) is 3. The number of aromatic nitrogens is 3. The molecule has 0 amide bonds. The summed E-state index contributed by atoms with van der Waals surface area (Å²) < 4.78 is 0. The number of hydrogen-bond acceptors (Lipinski definition) is 5. The van der Waals surface area contributed by atoms with Crippen LogP contribution in [0.25, 0.3) is 11.1 Å². The summed E-state index contributed by atoms with van der Waals surface area (Å²) in [5.41, 5.74) is 1.45. The Balaban J connectivity index is 1.85. The molecule has 5 heteroatoms. The van der Waals surface area contributed by atoms with E-state index in [-0.39, 0.29) is 5.78 Å². The lowest BCUT2D eigenvalue weighted by atomic mass is 9.81. The second-order valence-corrected chi connectivity index (χ2v) is 5.13. The highest BCUT2D eigenvalue weighted by Gasteiger charge is 2.35. The second-order valence-electron chi connectivity index (χ2n) is 5.13. The Kier molecular flexibility index (Phi) is 3.28. The van der Waals surface area contributed by atoms with Crippen molar-refractivity contribution in [2.24, 2.45) is 0 Å². The van der Waals surface area contributed by atoms with Gasteiger partial charge in [0, 0.05) is 42.6 Å². The average Bonchev–Trinajstić information content (AvgIpc) is 2.52. The smallest absolute Gasteiger partial charge is 0.133 e. The van der Waals surface area contributed by atoms with Gasteiger partial charge in [0.15, 0.2) is 0 Å². The van der Waals surface area contributed by atoms with Gasteiger partial charge in [0.05, 0.1) is 5.69 Å². The lowest BCUT2D eigenvalue weighted by Gasteiger charge is -2.30. The number of aliphatic hydroxyl groups is 1. The van der Waals surface area contributed by atoms with Crippen LogP contribution < -0.4 is 0 Å². The van der Waals surface area contributed by atoms with E-state index in [2.05, 4.69) is 15.0 Å². The number of Topliss-reactive ketones (excluding diaryl/α,β-unsaturated/α-hetero) is 1. The van der Waals surface area contributed by atoms with Crippen LogP contribution in [0.4, 0.5) is 0 Å². The van der Waals surface area contributed by atoms with Crippen LogP contribution in [0.1, 0.15) is 31.4 Å². The van der Waals surface area contributed by atoms with Crippen molar-refractivity contribution < 1.29 is 9.90 Å². The van der Waals surface area contributed by atoms with E-state index in [1.165, 1.54) is 6.33 Å². The van der Waals surface area contributed by atoms with Crippen molar-refractivity contribution in [3.05, 3.63) is 42.7 Å². The fourth-order valence-corrected chi connectivity index (χ4v) is 2.49. The number of carbonyl (C=O) groups is 1. The van der Waals surface area contributed by atoms with Crippen molar-refractivity contribution in [3.8, 4) is 11.1 Å². The normalized spacial score (nSPS) is 17.9. The molecule has 2 aromatic rings. The first-order chi connectivity index (χ1) is 9.67. The molecule has 1 aliphatic carbocycles. The molecule has 0 atom stereocenters. The van der Waals surface area contributed by atoms with Crippen LogP contribution in [0, 0.1) is 0 Å². The largest absolute Gasteiger partial charge is 0.384 e. The molecule has 0 spiro atoms. The van der Waals surface area contributed by atoms with E-state index in [0.29, 0.717) is 31.4 Å². The Morgan fingerprint density at radius 1 is 1.00 bits per heavy atom. The number of ketones is 1. The van der Waals surface area contributed by atoms with Crippen LogP contribution in [0.3, 0.4) is 0 Å². The second kappa shape index (κ2) is 5.09. The molecule has 0 saturated heterocycles. The molecule has 5 nitrogen and oxygen atoms in total. The lowest BCUT2D eigenvalue weighted by molar-refractivity contribution is -0.125. The molecule has 1 fully saturated rings. The van der Waals surface area contributed by atoms with E-state index < -0.39 is 5.60 Å². The van der Waals surface area contributed by atoms with E-state index >= 15 is 0 Å². The number of rotatable bonds is 2. The minimum absolute atomic E-state index is 0.215. The molecule has 3 rings (SSSR count). The van der Waals surface area contributed by atoms with Crippen LogP contribution in [-0.2, 0) is 10.4 Å². The molecule has 102 valence electrons. The van der Waals surface area contributed by atoms with Gasteiger partial charge in [-0.1, -0.05) is 6.07 Å². The Hall–Kier alpha value is -2.14. The van der Waals surface area contributed by atoms with Gasteiger partial charge < -0.3 is 5.11 Å². The third kappa shape index (κ3) is 2.44. The Labute approximate surface area is 116 Å². The van der Waals surface area contributed by atoms with Gasteiger partial charge in [-0.3, -0.25) is 9.78 Å². The highest BCUT2D eigenvalue weighted by molar-refractivity contribution is 5.79. The van der Waals surface area contributed by atoms with Gasteiger partial charge in [0.1, 0.15) is 17.7 Å². The molecule has 0 unspecified atom stereocenters. The Morgan fingerprint density at radius 3 is 2.30 bits per heavy atom. The van der Waals surface area contributed by atoms with E-state index in [4.69, 9.17) is 0 Å². The monoisotopic (exact) mass is 269 g/mol. The molecule has 20 heavy (non-hydrogen) atoms. The maximum Gasteiger partial charge on any atom is 0.133 e. The molecule has 0 radical (unpaired) electrons. The Morgan fingerprint density at radius 2 is 1.70 bits per heavy atom. The molecule has 0 aliphatic heterocycles. The minimum atomic E-state index is -0.973. The standard InChI is InChI=1S/C15H15N3O2/c19-13-3-5-15(20,6-4-13)14-2-1-11(9-18-14)12-7-16-10-17-8-12/h1-2,7-10,20H,3-6H2. The van der Waals surface area contributed by atoms with Crippen molar-refractivity contribution in [1.29, 1.82) is 0 Å². The highest BCUT2D eigenvalue weighted by atomic mass is 16.3. The summed E-state index contributed by atoms with van der Waals surface area (Å²) in [7, 11) is 0. The zero-order valence-corrected chi connectivity index (χ0v) is 11.0. The molecule has 1 saturated carbocycles. The summed E-state index contributed by atoms with van der Waals surface area (Å²) in [5, 5.41) is 10.6. The molecular formula is C15H15N3O2. The molecule has 2 aromatic heterocycles. The number of carbonyl (C=O) groups excluding carboxylic acids is 1. The molecule has 0 aromatic carbocycles. The first kappa shape index (κ1) is 12.9. The van der Waals surface area contributed by atoms with Crippen molar-refractivity contribution in [2.45, 2.75) is 31.3 Å². The SMILES string of the molecule is O=C1CCC(O)(c2ccc(-c3cncnc3)cn2)CC1. The lowest BCUT2D eigenvalue weighted by Crippen LogP contribution is -2.32. The number of hydrogen-bond donors (Lipinski definition) is 1. The van der Waals surface area contributed by atoms with E-state index in [1.54, 1.807) is 18.6 Å². The van der Waals surface area contributed by atoms with Crippen molar-refractivity contribution >= 4 is 5.78 Å². The van der Waals surface area contributed by atoms with Gasteiger partial charge in [-0.15, -0.1) is 0 Å². The summed E-state index contributed by atoms with van der Waals surface area (Å²) in [6.07, 6.45) is 8.38. The zero-order chi connectivity index (χ0) is 14.0. The van der Waals surface area contributed by atoms with E-state index in [0.717, 1.165) is 11.1 Å². The van der Waals surface area contributed by atoms with Crippen molar-refractivity contribution in [1.82, 2.24) is 15.0 Å². The molecular weight excluding hydrogens is 254 g/mol. The topological polar surface area (TPSA) is 76.0 Å². The van der Waals surface area contributed by atoms with Crippen LogP contribution in [-0.4, -0.2) is 25.8 Å². The third-order valence-corrected chi connectivity index (χ3v) is 3.77. The van der Waals surface area contributed by atoms with Gasteiger partial charge in [-0.25, -0.2) is 9.97 Å². The summed E-state index contributed by atoms with van der Waals surface area (Å²) in [6.45, 7) is 0. The maximum absolute atomic E-state index is 11.3. The fourth-order valence-electron chi connectivity index (χ4n) is 2.49. The zero-order valence-electron chi connectivity index (χ0n) is 11.0. The van der Waals surface area contributed by atoms with E-state index in [1.807, 2.05) is 12.1 Å². The minimum Gasteiger partial charge on any atom is -0.384 e. The first-order valence-electron chi connectivity index (χ1n) is 6.63. The third-order valence-electron chi connectivity index (χ3n) is 3.77. The number of pyridine rings is 1. The fraction of sp³-hybridized carbons (Fsp3) is 0.333. The van der Waals surface area contributed by atoms with Gasteiger partial charge in [-0.05, 0) is 18.9 Å². The van der Waals surface area contributed by atoms with Crippen molar-refractivity contribution in [3.63, 3.8) is 0 Å². The van der Waals surface area contributed by atoms with Crippen LogP contribution in [0.5, 0.6) is 0 Å². The summed E-state index contributed by atoms with van der Waals surface area (Å²) >= 11 is 0. The van der Waals surface area contributed by atoms with E-state index in [9.17, 15) is 9.90 Å². The van der Waals surface area contributed by atoms with Gasteiger partial charge in [0.25, 0.3) is 0 Å². The summed E-state index contributed by atoms with van der Waals surface area (Å²) in [4.78, 5) is 23.6. The predicted molar refractivity (Wildman–Crippen MR) is 72.6 cm³/mol. The summed E-state index contributed by atoms with van der Waals surface area (Å²) in [5.74, 6) is 0.215. The molecule has 2 heterocycles. The van der Waals surface area contributed by atoms with Crippen LogP contribution in [0.15, 0.2) is 37.1 Å². The van der Waals surface area contributed by atoms with Crippen LogP contribution >= 0.6 is 0 Å². The molecule has 1 N–H and O–H groups in total. The van der Waals surface area contributed by atoms with Crippen molar-refractivity contribution in [2.75, 3.05) is 0 Å². The summed E-state index contributed by atoms with van der Waals surface area (Å²) in [6, 6.07) is 3.72.